The fourth-order valence-corrected chi connectivity index (χ4v) is 4.53. The molecule has 2 aliphatic rings. The minimum atomic E-state index is -4.79. The van der Waals surface area contributed by atoms with Crippen molar-refractivity contribution in [1.29, 1.82) is 0 Å². The molecule has 1 atom stereocenters. The van der Waals surface area contributed by atoms with E-state index in [1.54, 1.807) is 4.90 Å². The maximum absolute atomic E-state index is 12.6. The normalized spacial score (nSPS) is 16.9. The lowest BCUT2D eigenvalue weighted by molar-refractivity contribution is -0.274. The summed E-state index contributed by atoms with van der Waals surface area (Å²) in [5, 5.41) is 20.4. The molecule has 1 fully saturated rings. The number of carbonyl (C=O) groups excluding carboxylic acids is 1. The Bertz CT molecular complexity index is 1300. The van der Waals surface area contributed by atoms with Gasteiger partial charge in [-0.3, -0.25) is 14.8 Å². The van der Waals surface area contributed by atoms with Gasteiger partial charge < -0.3 is 19.8 Å². The third-order valence-electron chi connectivity index (χ3n) is 6.41. The predicted molar refractivity (Wildman–Crippen MR) is 120 cm³/mol. The Kier molecular flexibility index (Phi) is 5.94. The van der Waals surface area contributed by atoms with Crippen molar-refractivity contribution >= 4 is 16.9 Å². The number of aliphatic hydroxyl groups is 2. The van der Waals surface area contributed by atoms with E-state index in [9.17, 15) is 28.2 Å². The van der Waals surface area contributed by atoms with E-state index in [1.165, 1.54) is 36.7 Å². The Morgan fingerprint density at radius 2 is 1.80 bits per heavy atom. The molecule has 10 heteroatoms. The summed E-state index contributed by atoms with van der Waals surface area (Å²) in [4.78, 5) is 23.1. The van der Waals surface area contributed by atoms with Gasteiger partial charge in [-0.1, -0.05) is 18.2 Å². The van der Waals surface area contributed by atoms with Gasteiger partial charge in [0.25, 0.3) is 0 Å². The number of ether oxygens (including phenoxy) is 1. The van der Waals surface area contributed by atoms with Crippen molar-refractivity contribution in [3.05, 3.63) is 65.5 Å². The highest BCUT2D eigenvalue weighted by Crippen LogP contribution is 2.41. The lowest BCUT2D eigenvalue weighted by atomic mass is 9.82. The number of carbonyl (C=O) groups is 1. The summed E-state index contributed by atoms with van der Waals surface area (Å²) in [5.74, 6) is -0.436. The summed E-state index contributed by atoms with van der Waals surface area (Å²) >= 11 is 0. The summed E-state index contributed by atoms with van der Waals surface area (Å²) in [7, 11) is 0. The van der Waals surface area contributed by atoms with E-state index in [4.69, 9.17) is 0 Å². The second-order valence-electron chi connectivity index (χ2n) is 8.63. The van der Waals surface area contributed by atoms with Crippen LogP contribution < -0.4 is 4.74 Å². The van der Waals surface area contributed by atoms with Crippen LogP contribution in [0.2, 0.25) is 0 Å². The molecule has 35 heavy (non-hydrogen) atoms. The zero-order valence-corrected chi connectivity index (χ0v) is 18.5. The van der Waals surface area contributed by atoms with Crippen molar-refractivity contribution in [2.45, 2.75) is 31.2 Å². The van der Waals surface area contributed by atoms with Crippen LogP contribution in [0.5, 0.6) is 5.75 Å². The number of nitrogens with zero attached hydrogens (tertiary/aromatic N) is 3. The number of rotatable bonds is 6. The number of fused-ring (bicyclic) bond motifs is 1. The highest BCUT2D eigenvalue weighted by Gasteiger charge is 2.37. The topological polar surface area (TPSA) is 95.8 Å². The molecular weight excluding hydrogens is 463 g/mol. The lowest BCUT2D eigenvalue weighted by Gasteiger charge is -2.42. The van der Waals surface area contributed by atoms with E-state index in [0.717, 1.165) is 24.0 Å². The molecule has 2 heterocycles. The zero-order valence-electron chi connectivity index (χ0n) is 18.5. The molecule has 5 rings (SSSR count). The lowest BCUT2D eigenvalue weighted by Crippen LogP contribution is -2.49. The van der Waals surface area contributed by atoms with Crippen LogP contribution in [0.15, 0.2) is 54.4 Å². The Morgan fingerprint density at radius 1 is 1.14 bits per heavy atom. The maximum atomic E-state index is 12.6. The van der Waals surface area contributed by atoms with Gasteiger partial charge >= 0.3 is 6.36 Å². The van der Waals surface area contributed by atoms with Gasteiger partial charge in [0.2, 0.25) is 5.91 Å². The van der Waals surface area contributed by atoms with Gasteiger partial charge in [-0.25, -0.2) is 0 Å². The average Bonchev–Trinajstić information content (AvgIpc) is 2.75. The molecule has 2 N–H and O–H groups in total. The minimum Gasteiger partial charge on any atom is -0.406 e. The molecule has 182 valence electrons. The number of benzene rings is 2. The number of hydrogen-bond acceptors (Lipinski definition) is 6. The van der Waals surface area contributed by atoms with Gasteiger partial charge in [0.15, 0.2) is 0 Å². The van der Waals surface area contributed by atoms with E-state index >= 15 is 0 Å². The van der Waals surface area contributed by atoms with Crippen molar-refractivity contribution in [2.75, 3.05) is 19.7 Å². The third-order valence-corrected chi connectivity index (χ3v) is 6.41. The first-order valence-electron chi connectivity index (χ1n) is 11.2. The first kappa shape index (κ1) is 23.3. The highest BCUT2D eigenvalue weighted by atomic mass is 19.4. The molecule has 0 spiro atoms. The van der Waals surface area contributed by atoms with Crippen molar-refractivity contribution < 1.29 is 32.9 Å². The van der Waals surface area contributed by atoms with Gasteiger partial charge in [0.1, 0.15) is 11.9 Å². The Hall–Kier alpha value is -3.50. The number of aliphatic hydroxyl groups excluding tert-OH is 2. The molecule has 0 unspecified atom stereocenters. The smallest absolute Gasteiger partial charge is 0.406 e. The summed E-state index contributed by atoms with van der Waals surface area (Å²) in [6.07, 6.45) is 0.564. The Balaban J connectivity index is 1.56. The third kappa shape index (κ3) is 4.46. The number of aromatic nitrogens is 2. The summed E-state index contributed by atoms with van der Waals surface area (Å²) in [6, 6.07) is 7.25. The molecule has 0 bridgehead atoms. The fourth-order valence-electron chi connectivity index (χ4n) is 4.53. The van der Waals surface area contributed by atoms with Gasteiger partial charge in [-0.2, -0.15) is 0 Å². The Morgan fingerprint density at radius 3 is 2.37 bits per heavy atom. The van der Waals surface area contributed by atoms with Crippen LogP contribution in [0.3, 0.4) is 0 Å². The maximum Gasteiger partial charge on any atom is 0.573 e. The summed E-state index contributed by atoms with van der Waals surface area (Å²) in [6.45, 7) is 0.375. The predicted octanol–water partition coefficient (Wildman–Crippen LogP) is 3.87. The van der Waals surface area contributed by atoms with Crippen molar-refractivity contribution in [1.82, 2.24) is 14.9 Å². The quantitative estimate of drug-likeness (QED) is 0.551. The monoisotopic (exact) mass is 485 g/mol. The largest absolute Gasteiger partial charge is 0.573 e. The summed E-state index contributed by atoms with van der Waals surface area (Å²) < 4.78 is 41.7. The molecule has 1 amide bonds. The molecule has 3 aromatic rings. The molecule has 0 radical (unpaired) electrons. The van der Waals surface area contributed by atoms with Crippen LogP contribution in [0.4, 0.5) is 13.2 Å². The van der Waals surface area contributed by atoms with Crippen molar-refractivity contribution in [3.63, 3.8) is 0 Å². The summed E-state index contributed by atoms with van der Waals surface area (Å²) in [5.41, 5.74) is 4.00. The van der Waals surface area contributed by atoms with Crippen LogP contribution in [-0.4, -0.2) is 57.0 Å². The van der Waals surface area contributed by atoms with E-state index in [0.29, 0.717) is 40.8 Å². The molecule has 7 nitrogen and oxygen atoms in total. The molecule has 1 aromatic heterocycles. The van der Waals surface area contributed by atoms with Crippen molar-refractivity contribution in [2.24, 2.45) is 0 Å². The second kappa shape index (κ2) is 8.94. The minimum absolute atomic E-state index is 0.0119. The first-order valence-corrected chi connectivity index (χ1v) is 11.2. The highest BCUT2D eigenvalue weighted by molar-refractivity contribution is 5.96. The van der Waals surface area contributed by atoms with Crippen LogP contribution in [-0.2, 0) is 4.79 Å². The Labute approximate surface area is 198 Å². The van der Waals surface area contributed by atoms with Crippen LogP contribution in [0.25, 0.3) is 22.2 Å². The SMILES string of the molecule is O=C(C1=CCC1)N1CC(c2cc(-c3ccc(OC(F)(F)F)cc3)c3nccnc3c2[C@H](O)CO)C1. The van der Waals surface area contributed by atoms with E-state index < -0.39 is 19.1 Å². The van der Waals surface area contributed by atoms with Gasteiger partial charge in [0, 0.05) is 48.1 Å². The molecule has 1 aliphatic heterocycles. The fraction of sp³-hybridized carbons (Fsp3) is 0.320. The van der Waals surface area contributed by atoms with Crippen molar-refractivity contribution in [3.8, 4) is 16.9 Å². The number of amides is 1. The number of alkyl halides is 3. The van der Waals surface area contributed by atoms with E-state index in [-0.39, 0.29) is 17.6 Å². The second-order valence-corrected chi connectivity index (χ2v) is 8.63. The molecule has 2 aromatic carbocycles. The number of hydrogen-bond donors (Lipinski definition) is 2. The van der Waals surface area contributed by atoms with Gasteiger partial charge in [-0.15, -0.1) is 13.2 Å². The van der Waals surface area contributed by atoms with E-state index in [1.807, 2.05) is 12.1 Å². The standard InChI is InChI=1S/C25H22F3N3O4/c26-25(27,28)35-17-6-4-14(5-7-17)19-10-18(16-11-31(12-16)24(34)15-2-1-3-15)21(20(33)13-32)23-22(19)29-8-9-30-23/h2,4-10,16,20,32-33H,1,3,11-13H2/t20-/m1/s1. The van der Waals surface area contributed by atoms with Crippen LogP contribution in [0, 0.1) is 0 Å². The van der Waals surface area contributed by atoms with Crippen LogP contribution >= 0.6 is 0 Å². The number of allylic oxidation sites excluding steroid dienone is 1. The molecule has 1 saturated heterocycles. The molecule has 1 aliphatic carbocycles. The molecule has 0 saturated carbocycles. The average molecular weight is 485 g/mol. The zero-order chi connectivity index (χ0) is 24.7. The number of likely N-dealkylation sites (tertiary alicyclic amines) is 1. The van der Waals surface area contributed by atoms with Crippen LogP contribution in [0.1, 0.15) is 36.0 Å². The van der Waals surface area contributed by atoms with Gasteiger partial charge in [-0.05, 0) is 42.2 Å². The first-order chi connectivity index (χ1) is 16.7. The van der Waals surface area contributed by atoms with Gasteiger partial charge in [0.05, 0.1) is 17.6 Å². The number of halogens is 3. The van der Waals surface area contributed by atoms with E-state index in [2.05, 4.69) is 14.7 Å². The molecular formula is C25H22F3N3O4.